The zero-order chi connectivity index (χ0) is 31.0. The molecule has 41 heavy (non-hydrogen) atoms. The molecule has 0 radical (unpaired) electrons. The molecule has 3 aliphatic rings. The van der Waals surface area contributed by atoms with Gasteiger partial charge in [0.2, 0.25) is 17.3 Å². The van der Waals surface area contributed by atoms with Crippen molar-refractivity contribution in [3.8, 4) is 5.75 Å². The standard InChI is InChI=1S/C23H26N4O13S/c1-4-25-10-7-11(27(35)36)16(28)14-9(10)5-8-6-12-22(34,18(30)13(8)17(14)29)19(31)15(21(24)33)20(32)23(12,26(2)3)40-41(37,38)39/h7-8,12,25,28,30,32,34H,4-6H2,1-3H3,(H2,24,33)(H,37,38,39)/t8?,12?,22-,23+/m0/s1. The Kier molecular flexibility index (Phi) is 6.91. The van der Waals surface area contributed by atoms with Crippen LogP contribution in [0, 0.1) is 22.0 Å². The second-order valence-corrected chi connectivity index (χ2v) is 11.0. The number of benzene rings is 1. The van der Waals surface area contributed by atoms with E-state index in [1.54, 1.807) is 6.92 Å². The van der Waals surface area contributed by atoms with Crippen molar-refractivity contribution in [2.24, 2.45) is 17.6 Å². The number of ketones is 2. The molecule has 2 unspecified atom stereocenters. The van der Waals surface area contributed by atoms with Crippen molar-refractivity contribution < 1.29 is 56.9 Å². The summed E-state index contributed by atoms with van der Waals surface area (Å²) >= 11 is 0. The van der Waals surface area contributed by atoms with E-state index in [0.29, 0.717) is 0 Å². The Morgan fingerprint density at radius 2 is 1.88 bits per heavy atom. The number of phenolic OH excluding ortho intramolecular Hbond substituents is 1. The lowest BCUT2D eigenvalue weighted by molar-refractivity contribution is -0.385. The molecule has 0 heterocycles. The maximum Gasteiger partial charge on any atom is 0.399 e. The van der Waals surface area contributed by atoms with Crippen molar-refractivity contribution >= 4 is 39.2 Å². The zero-order valence-electron chi connectivity index (χ0n) is 21.7. The number of carbonyl (C=O) groups is 3. The third-order valence-corrected chi connectivity index (χ3v) is 8.15. The highest BCUT2D eigenvalue weighted by atomic mass is 32.3. The van der Waals surface area contributed by atoms with E-state index < -0.39 is 102 Å². The van der Waals surface area contributed by atoms with Crippen LogP contribution in [0.15, 0.2) is 28.7 Å². The van der Waals surface area contributed by atoms with Crippen LogP contribution in [0.2, 0.25) is 0 Å². The number of hydrogen-bond donors (Lipinski definition) is 7. The maximum atomic E-state index is 13.8. The summed E-state index contributed by atoms with van der Waals surface area (Å²) in [7, 11) is -3.31. The number of rotatable bonds is 7. The van der Waals surface area contributed by atoms with Crippen LogP contribution in [-0.4, -0.2) is 92.7 Å². The number of nitrogens with one attached hydrogen (secondary N) is 1. The predicted molar refractivity (Wildman–Crippen MR) is 136 cm³/mol. The molecule has 0 fully saturated rings. The highest BCUT2D eigenvalue weighted by molar-refractivity contribution is 7.80. The molecule has 18 heteroatoms. The minimum atomic E-state index is -5.52. The molecule has 0 saturated carbocycles. The van der Waals surface area contributed by atoms with E-state index in [2.05, 4.69) is 5.32 Å². The van der Waals surface area contributed by atoms with Crippen molar-refractivity contribution in [1.29, 1.82) is 0 Å². The summed E-state index contributed by atoms with van der Waals surface area (Å²) in [5.74, 6) is -11.5. The highest BCUT2D eigenvalue weighted by Crippen LogP contribution is 2.57. The zero-order valence-corrected chi connectivity index (χ0v) is 22.6. The Hall–Kier alpha value is -4.10. The van der Waals surface area contributed by atoms with E-state index in [-0.39, 0.29) is 24.2 Å². The fourth-order valence-corrected chi connectivity index (χ4v) is 6.74. The van der Waals surface area contributed by atoms with Gasteiger partial charge in [0.15, 0.2) is 17.1 Å². The Labute approximate surface area is 231 Å². The summed E-state index contributed by atoms with van der Waals surface area (Å²) in [4.78, 5) is 51.0. The molecular formula is C23H26N4O13S. The monoisotopic (exact) mass is 598 g/mol. The predicted octanol–water partition coefficient (Wildman–Crippen LogP) is -0.392. The summed E-state index contributed by atoms with van der Waals surface area (Å²) in [5.41, 5.74) is -4.31. The number of nitrogens with zero attached hydrogens (tertiary/aromatic N) is 2. The maximum absolute atomic E-state index is 13.8. The summed E-state index contributed by atoms with van der Waals surface area (Å²) in [6.07, 6.45) is -0.850. The van der Waals surface area contributed by atoms with Gasteiger partial charge >= 0.3 is 16.1 Å². The SMILES string of the molecule is CCNc1cc([N+](=O)[O-])c(O)c2c1CC1CC3[C@@](O)(C(=O)C(C(N)=O)=C(O)[C@@]3(OS(=O)(=O)O)N(C)C)C(O)=C1C2=O. The lowest BCUT2D eigenvalue weighted by Gasteiger charge is -2.54. The Bertz CT molecular complexity index is 1600. The average molecular weight is 599 g/mol. The number of nitro groups is 1. The normalized spacial score (nSPS) is 27.9. The molecule has 4 rings (SSSR count). The summed E-state index contributed by atoms with van der Waals surface area (Å²) in [6.45, 7) is 1.89. The molecule has 0 aromatic heterocycles. The molecule has 8 N–H and O–H groups in total. The van der Waals surface area contributed by atoms with Crippen molar-refractivity contribution in [1.82, 2.24) is 4.90 Å². The molecule has 17 nitrogen and oxygen atoms in total. The minimum Gasteiger partial charge on any atom is -0.508 e. The van der Waals surface area contributed by atoms with Crippen LogP contribution in [-0.2, 0) is 30.6 Å². The van der Waals surface area contributed by atoms with Gasteiger partial charge < -0.3 is 31.5 Å². The summed E-state index contributed by atoms with van der Waals surface area (Å²) in [6, 6.07) is 1.00. The number of aliphatic hydroxyl groups is 3. The van der Waals surface area contributed by atoms with Crippen LogP contribution in [0.4, 0.5) is 11.4 Å². The fourth-order valence-electron chi connectivity index (χ4n) is 6.07. The number of carbonyl (C=O) groups excluding carboxylic acids is 3. The van der Waals surface area contributed by atoms with Crippen LogP contribution in [0.25, 0.3) is 0 Å². The van der Waals surface area contributed by atoms with Gasteiger partial charge in [-0.1, -0.05) is 0 Å². The fraction of sp³-hybridized carbons (Fsp3) is 0.435. The highest BCUT2D eigenvalue weighted by Gasteiger charge is 2.71. The van der Waals surface area contributed by atoms with Crippen LogP contribution in [0.5, 0.6) is 5.75 Å². The van der Waals surface area contributed by atoms with Crippen molar-refractivity contribution in [3.05, 3.63) is 50.0 Å². The van der Waals surface area contributed by atoms with E-state index in [1.165, 1.54) is 0 Å². The van der Waals surface area contributed by atoms with Gasteiger partial charge in [0.25, 0.3) is 5.91 Å². The van der Waals surface area contributed by atoms with Gasteiger partial charge in [-0.15, -0.1) is 0 Å². The van der Waals surface area contributed by atoms with Crippen LogP contribution in [0.1, 0.15) is 29.3 Å². The van der Waals surface area contributed by atoms with Crippen LogP contribution >= 0.6 is 0 Å². The molecular weight excluding hydrogens is 572 g/mol. The molecule has 0 bridgehead atoms. The van der Waals surface area contributed by atoms with Gasteiger partial charge in [-0.25, -0.2) is 4.18 Å². The molecule has 0 spiro atoms. The molecule has 1 amide bonds. The van der Waals surface area contributed by atoms with Gasteiger partial charge in [-0.2, -0.15) is 8.42 Å². The second kappa shape index (κ2) is 9.48. The molecule has 3 aliphatic carbocycles. The van der Waals surface area contributed by atoms with Gasteiger partial charge in [0, 0.05) is 23.9 Å². The number of Topliss-reactive ketones (excluding diaryl/α,β-unsaturated/α-hetero) is 2. The summed E-state index contributed by atoms with van der Waals surface area (Å²) < 4.78 is 38.4. The Balaban J connectivity index is 2.09. The van der Waals surface area contributed by atoms with E-state index in [4.69, 9.17) is 9.92 Å². The van der Waals surface area contributed by atoms with Gasteiger partial charge in [-0.05, 0) is 45.3 Å². The minimum absolute atomic E-state index is 0.0813. The number of allylic oxidation sites excluding steroid dienone is 1. The first-order valence-electron chi connectivity index (χ1n) is 12.0. The lowest BCUT2D eigenvalue weighted by Crippen LogP contribution is -2.71. The molecule has 1 aromatic rings. The molecule has 222 valence electrons. The first-order valence-corrected chi connectivity index (χ1v) is 13.3. The Morgan fingerprint density at radius 3 is 2.37 bits per heavy atom. The largest absolute Gasteiger partial charge is 0.508 e. The number of likely N-dealkylation sites (N-methyl/N-ethyl adjacent to an activating group) is 1. The smallest absolute Gasteiger partial charge is 0.399 e. The van der Waals surface area contributed by atoms with E-state index in [0.717, 1.165) is 25.1 Å². The van der Waals surface area contributed by atoms with Crippen LogP contribution < -0.4 is 11.1 Å². The quantitative estimate of drug-likeness (QED) is 0.0525. The lowest BCUT2D eigenvalue weighted by atomic mass is 9.57. The molecule has 0 aliphatic heterocycles. The second-order valence-electron chi connectivity index (χ2n) is 10.00. The van der Waals surface area contributed by atoms with Gasteiger partial charge in [0.05, 0.1) is 16.4 Å². The number of amides is 1. The number of nitro benzene ring substituents is 1. The van der Waals surface area contributed by atoms with Gasteiger partial charge in [0.1, 0.15) is 11.3 Å². The average Bonchev–Trinajstić information content (AvgIpc) is 2.84. The number of hydrogen-bond acceptors (Lipinski definition) is 14. The van der Waals surface area contributed by atoms with E-state index in [9.17, 15) is 57.9 Å². The number of phenols is 1. The molecule has 0 saturated heterocycles. The van der Waals surface area contributed by atoms with Crippen molar-refractivity contribution in [2.45, 2.75) is 31.1 Å². The van der Waals surface area contributed by atoms with Crippen LogP contribution in [0.3, 0.4) is 0 Å². The van der Waals surface area contributed by atoms with Crippen molar-refractivity contribution in [3.63, 3.8) is 0 Å². The number of aromatic hydroxyl groups is 1. The van der Waals surface area contributed by atoms with E-state index in [1.807, 2.05) is 0 Å². The third-order valence-electron chi connectivity index (χ3n) is 7.69. The first kappa shape index (κ1) is 29.9. The third kappa shape index (κ3) is 4.05. The number of aliphatic hydroxyl groups excluding tert-OH is 2. The number of anilines is 1. The van der Waals surface area contributed by atoms with E-state index >= 15 is 0 Å². The number of nitrogens with two attached hydrogens (primary N) is 1. The van der Waals surface area contributed by atoms with Gasteiger partial charge in [-0.3, -0.25) is 34.0 Å². The summed E-state index contributed by atoms with van der Waals surface area (Å²) in [5, 5.41) is 59.3. The number of primary amides is 1. The number of fused-ring (bicyclic) bond motifs is 3. The molecule has 1 aromatic carbocycles. The van der Waals surface area contributed by atoms with Crippen molar-refractivity contribution in [2.75, 3.05) is 26.0 Å². The first-order chi connectivity index (χ1) is 18.9. The Morgan fingerprint density at radius 1 is 1.27 bits per heavy atom. The molecule has 4 atom stereocenters. The topological polar surface area (TPSA) is 280 Å².